The molecule has 6 aromatic rings. The molecule has 2 heterocycles. The van der Waals surface area contributed by atoms with Crippen molar-refractivity contribution in [2.75, 3.05) is 0 Å². The molecule has 0 atom stereocenters. The zero-order chi connectivity index (χ0) is 34.1. The van der Waals surface area contributed by atoms with Gasteiger partial charge in [-0.3, -0.25) is 14.4 Å². The van der Waals surface area contributed by atoms with Crippen LogP contribution in [-0.4, -0.2) is 24.7 Å². The predicted molar refractivity (Wildman–Crippen MR) is 187 cm³/mol. The van der Waals surface area contributed by atoms with Gasteiger partial charge in [0.2, 0.25) is 0 Å². The van der Waals surface area contributed by atoms with Crippen LogP contribution >= 0.6 is 0 Å². The van der Waals surface area contributed by atoms with Crippen LogP contribution in [0.5, 0.6) is 5.75 Å². The van der Waals surface area contributed by atoms with Gasteiger partial charge in [0.05, 0.1) is 10.3 Å². The van der Waals surface area contributed by atoms with Crippen molar-refractivity contribution in [2.24, 2.45) is 13.0 Å². The fraction of sp³-hybridized carbons (Fsp3) is 0.205. The SMILES string of the molecule is Cn1cc(C(=O)C2CCCCC2)c2cc(C(=O)NS(=O)(=O)c3ccc(COc4ccc5c(=O)cc(-c6ccccc6)oc5c4)cc3)ccc21. The Morgan fingerprint density at radius 1 is 0.878 bits per heavy atom. The van der Waals surface area contributed by atoms with Gasteiger partial charge in [0, 0.05) is 58.9 Å². The highest BCUT2D eigenvalue weighted by Gasteiger charge is 2.26. The number of amides is 1. The third kappa shape index (κ3) is 6.64. The molecule has 0 bridgehead atoms. The number of ether oxygens (including phenoxy) is 1. The number of hydrogen-bond acceptors (Lipinski definition) is 7. The summed E-state index contributed by atoms with van der Waals surface area (Å²) in [5.41, 5.74) is 3.20. The number of hydrogen-bond donors (Lipinski definition) is 1. The van der Waals surface area contributed by atoms with Crippen LogP contribution in [0.1, 0.15) is 58.4 Å². The molecule has 0 spiro atoms. The molecule has 1 amide bonds. The van der Waals surface area contributed by atoms with Crippen molar-refractivity contribution in [3.05, 3.63) is 130 Å². The molecule has 0 aliphatic heterocycles. The smallest absolute Gasteiger partial charge is 0.265 e. The minimum absolute atomic E-state index is 0.0335. The Hall–Kier alpha value is -5.48. The lowest BCUT2D eigenvalue weighted by molar-refractivity contribution is 0.0890. The van der Waals surface area contributed by atoms with Crippen molar-refractivity contribution >= 4 is 43.6 Å². The van der Waals surface area contributed by atoms with Gasteiger partial charge in [-0.2, -0.15) is 0 Å². The van der Waals surface area contributed by atoms with Crippen molar-refractivity contribution in [3.63, 3.8) is 0 Å². The number of carbonyl (C=O) groups excluding carboxylic acids is 2. The lowest BCUT2D eigenvalue weighted by Gasteiger charge is -2.19. The molecule has 1 saturated carbocycles. The van der Waals surface area contributed by atoms with E-state index in [4.69, 9.17) is 9.15 Å². The van der Waals surface area contributed by atoms with E-state index in [1.54, 1.807) is 54.7 Å². The fourth-order valence-corrected chi connectivity index (χ4v) is 7.43. The highest BCUT2D eigenvalue weighted by molar-refractivity contribution is 7.90. The van der Waals surface area contributed by atoms with Crippen LogP contribution in [0.15, 0.2) is 117 Å². The second kappa shape index (κ2) is 13.2. The summed E-state index contributed by atoms with van der Waals surface area (Å²) >= 11 is 0. The first-order valence-electron chi connectivity index (χ1n) is 16.2. The number of nitrogens with zero attached hydrogens (tertiary/aromatic N) is 1. The van der Waals surface area contributed by atoms with Gasteiger partial charge in [-0.05, 0) is 60.9 Å². The molecule has 7 rings (SSSR count). The summed E-state index contributed by atoms with van der Waals surface area (Å²) in [4.78, 5) is 39.1. The van der Waals surface area contributed by atoms with Crippen molar-refractivity contribution in [1.29, 1.82) is 0 Å². The maximum absolute atomic E-state index is 13.4. The van der Waals surface area contributed by atoms with Gasteiger partial charge in [0.1, 0.15) is 23.7 Å². The second-order valence-corrected chi connectivity index (χ2v) is 14.1. The molecule has 0 radical (unpaired) electrons. The summed E-state index contributed by atoms with van der Waals surface area (Å²) < 4.78 is 42.3. The number of carbonyl (C=O) groups is 2. The average Bonchev–Trinajstić information content (AvgIpc) is 3.46. The summed E-state index contributed by atoms with van der Waals surface area (Å²) in [6, 6.07) is 26.7. The predicted octanol–water partition coefficient (Wildman–Crippen LogP) is 7.41. The molecule has 0 saturated heterocycles. The van der Waals surface area contributed by atoms with Crippen LogP contribution in [0.4, 0.5) is 0 Å². The van der Waals surface area contributed by atoms with Crippen LogP contribution in [-0.2, 0) is 23.7 Å². The maximum atomic E-state index is 13.4. The zero-order valence-corrected chi connectivity index (χ0v) is 27.7. The minimum Gasteiger partial charge on any atom is -0.489 e. The third-order valence-electron chi connectivity index (χ3n) is 9.12. The van der Waals surface area contributed by atoms with Crippen LogP contribution in [0.25, 0.3) is 33.2 Å². The Labute approximate surface area is 283 Å². The molecule has 1 aliphatic carbocycles. The highest BCUT2D eigenvalue weighted by Crippen LogP contribution is 2.31. The number of sulfonamides is 1. The average molecular weight is 675 g/mol. The van der Waals surface area contributed by atoms with Gasteiger partial charge in [-0.25, -0.2) is 13.1 Å². The molecule has 1 aliphatic rings. The normalized spacial score (nSPS) is 13.8. The summed E-state index contributed by atoms with van der Waals surface area (Å²) in [6.45, 7) is 0.125. The first kappa shape index (κ1) is 32.1. The van der Waals surface area contributed by atoms with Crippen LogP contribution in [0.2, 0.25) is 0 Å². The molecule has 0 unspecified atom stereocenters. The van der Waals surface area contributed by atoms with Crippen molar-refractivity contribution in [1.82, 2.24) is 9.29 Å². The lowest BCUT2D eigenvalue weighted by atomic mass is 9.84. The zero-order valence-electron chi connectivity index (χ0n) is 26.8. The monoisotopic (exact) mass is 674 g/mol. The number of Topliss-reactive ketones (excluding diaryl/α,β-unsaturated/α-hetero) is 1. The first-order valence-corrected chi connectivity index (χ1v) is 17.7. The number of benzene rings is 4. The second-order valence-electron chi connectivity index (χ2n) is 12.5. The highest BCUT2D eigenvalue weighted by atomic mass is 32.2. The van der Waals surface area contributed by atoms with E-state index in [9.17, 15) is 22.8 Å². The molecule has 1 fully saturated rings. The quantitative estimate of drug-likeness (QED) is 0.158. The Morgan fingerprint density at radius 2 is 1.63 bits per heavy atom. The molecule has 9 nitrogen and oxygen atoms in total. The van der Waals surface area contributed by atoms with Gasteiger partial charge < -0.3 is 13.7 Å². The van der Waals surface area contributed by atoms with Crippen molar-refractivity contribution < 1.29 is 27.2 Å². The lowest BCUT2D eigenvalue weighted by Crippen LogP contribution is -2.30. The number of fused-ring (bicyclic) bond motifs is 2. The molecule has 1 N–H and O–H groups in total. The molecule has 248 valence electrons. The van der Waals surface area contributed by atoms with E-state index in [2.05, 4.69) is 4.72 Å². The fourth-order valence-electron chi connectivity index (χ4n) is 6.46. The minimum atomic E-state index is -4.19. The van der Waals surface area contributed by atoms with Crippen LogP contribution in [0.3, 0.4) is 0 Å². The molecule has 4 aromatic carbocycles. The summed E-state index contributed by atoms with van der Waals surface area (Å²) in [5, 5.41) is 1.07. The van der Waals surface area contributed by atoms with E-state index in [-0.39, 0.29) is 34.2 Å². The molecule has 49 heavy (non-hydrogen) atoms. The standard InChI is InChI=1S/C39H34N2O7S/c1-41-23-33(38(43)27-10-6-3-7-11-27)32-20-28(14-19-34(32)41)39(44)40-49(45,46)30-16-12-25(13-17-30)24-47-29-15-18-31-35(42)22-36(48-37(31)21-29)26-8-4-2-5-9-26/h2,4-5,8-9,12-23,27H,3,6-7,10-11,24H2,1H3,(H,40,44). The third-order valence-corrected chi connectivity index (χ3v) is 10.5. The Bertz CT molecular complexity index is 2370. The summed E-state index contributed by atoms with van der Waals surface area (Å²) in [7, 11) is -2.34. The Morgan fingerprint density at radius 3 is 2.39 bits per heavy atom. The molecule has 10 heteroatoms. The van der Waals surface area contributed by atoms with E-state index in [0.29, 0.717) is 39.0 Å². The molecular weight excluding hydrogens is 641 g/mol. The number of rotatable bonds is 9. The number of ketones is 1. The van der Waals surface area contributed by atoms with Crippen LogP contribution < -0.4 is 14.9 Å². The number of aromatic nitrogens is 1. The van der Waals surface area contributed by atoms with E-state index in [0.717, 1.165) is 43.2 Å². The largest absolute Gasteiger partial charge is 0.489 e. The number of nitrogens with one attached hydrogen (secondary N) is 1. The number of aryl methyl sites for hydroxylation is 1. The van der Waals surface area contributed by atoms with Gasteiger partial charge >= 0.3 is 0 Å². The summed E-state index contributed by atoms with van der Waals surface area (Å²) in [5.74, 6) is 0.184. The van der Waals surface area contributed by atoms with Crippen LogP contribution in [0, 0.1) is 5.92 Å². The van der Waals surface area contributed by atoms with Crippen molar-refractivity contribution in [2.45, 2.75) is 43.6 Å². The van der Waals surface area contributed by atoms with E-state index in [1.807, 2.05) is 41.9 Å². The van der Waals surface area contributed by atoms with E-state index >= 15 is 0 Å². The van der Waals surface area contributed by atoms with Gasteiger partial charge in [-0.15, -0.1) is 0 Å². The topological polar surface area (TPSA) is 125 Å². The molecular formula is C39H34N2O7S. The van der Waals surface area contributed by atoms with Gasteiger partial charge in [0.25, 0.3) is 15.9 Å². The van der Waals surface area contributed by atoms with E-state index in [1.165, 1.54) is 18.2 Å². The van der Waals surface area contributed by atoms with Crippen molar-refractivity contribution in [3.8, 4) is 17.1 Å². The Kier molecular flexibility index (Phi) is 8.64. The summed E-state index contributed by atoms with van der Waals surface area (Å²) in [6.07, 6.45) is 6.71. The van der Waals surface area contributed by atoms with Gasteiger partial charge in [-0.1, -0.05) is 61.7 Å². The maximum Gasteiger partial charge on any atom is 0.265 e. The first-order chi connectivity index (χ1) is 23.7. The van der Waals surface area contributed by atoms with E-state index < -0.39 is 15.9 Å². The van der Waals surface area contributed by atoms with Gasteiger partial charge in [0.15, 0.2) is 11.2 Å². The Balaban J connectivity index is 1.03. The molecule has 2 aromatic heterocycles.